The van der Waals surface area contributed by atoms with E-state index in [0.29, 0.717) is 12.8 Å². The third kappa shape index (κ3) is 2.65. The fourth-order valence-electron chi connectivity index (χ4n) is 6.38. The predicted molar refractivity (Wildman–Crippen MR) is 103 cm³/mol. The Bertz CT molecular complexity index is 943. The predicted octanol–water partition coefficient (Wildman–Crippen LogP) is 1.92. The highest BCUT2D eigenvalue weighted by molar-refractivity contribution is 6.15. The van der Waals surface area contributed by atoms with Crippen molar-refractivity contribution in [1.29, 1.82) is 0 Å². The maximum atomic E-state index is 13.2. The lowest BCUT2D eigenvalue weighted by molar-refractivity contribution is -0.129. The molecule has 152 valence electrons. The van der Waals surface area contributed by atoms with Gasteiger partial charge in [0.25, 0.3) is 0 Å². The summed E-state index contributed by atoms with van der Waals surface area (Å²) in [5, 5.41) is 2.42. The van der Waals surface area contributed by atoms with Crippen molar-refractivity contribution in [3.05, 3.63) is 34.4 Å². The molecule has 0 radical (unpaired) electrons. The summed E-state index contributed by atoms with van der Waals surface area (Å²) in [6.07, 6.45) is 0.921. The number of imide groups is 1. The van der Waals surface area contributed by atoms with E-state index in [1.807, 2.05) is 32.9 Å². The van der Waals surface area contributed by atoms with Crippen LogP contribution in [0.3, 0.4) is 0 Å². The minimum absolute atomic E-state index is 0.00340. The number of hydrogen-bond acceptors (Lipinski definition) is 5. The molecule has 1 N–H and O–H groups in total. The van der Waals surface area contributed by atoms with E-state index in [2.05, 4.69) is 5.32 Å². The molecular weight excluding hydrogens is 370 g/mol. The van der Waals surface area contributed by atoms with Crippen LogP contribution in [-0.2, 0) is 23.9 Å². The number of nitrogens with one attached hydrogen (secondary N) is 1. The largest absolute Gasteiger partial charge is 0.373 e. The van der Waals surface area contributed by atoms with Crippen molar-refractivity contribution >= 4 is 23.4 Å². The van der Waals surface area contributed by atoms with Crippen LogP contribution < -0.4 is 5.32 Å². The Morgan fingerprint density at radius 3 is 2.34 bits per heavy atom. The molecular formula is C23H25NO5. The number of hydrogen-bond donors (Lipinski definition) is 1. The van der Waals surface area contributed by atoms with E-state index in [-0.39, 0.29) is 59.8 Å². The number of ketones is 2. The number of carbonyl (C=O) groups excluding carboxylic acids is 4. The number of Topliss-reactive ketones (excluding diaryl/α,β-unsaturated/α-hetero) is 2. The van der Waals surface area contributed by atoms with Gasteiger partial charge in [0.05, 0.1) is 24.0 Å². The van der Waals surface area contributed by atoms with Crippen LogP contribution >= 0.6 is 0 Å². The van der Waals surface area contributed by atoms with Gasteiger partial charge in [0.2, 0.25) is 11.8 Å². The first-order valence-electron chi connectivity index (χ1n) is 10.4. The van der Waals surface area contributed by atoms with E-state index in [1.54, 1.807) is 0 Å². The molecule has 0 spiro atoms. The van der Waals surface area contributed by atoms with Gasteiger partial charge in [0.1, 0.15) is 11.7 Å². The molecule has 1 saturated carbocycles. The molecule has 2 bridgehead atoms. The first kappa shape index (κ1) is 18.7. The summed E-state index contributed by atoms with van der Waals surface area (Å²) >= 11 is 0. The molecule has 4 aliphatic rings. The molecule has 3 saturated heterocycles. The zero-order chi connectivity index (χ0) is 20.6. The summed E-state index contributed by atoms with van der Waals surface area (Å²) in [7, 11) is 0. The molecule has 3 heterocycles. The third-order valence-corrected chi connectivity index (χ3v) is 7.40. The van der Waals surface area contributed by atoms with Gasteiger partial charge in [0, 0.05) is 12.3 Å². The maximum Gasteiger partial charge on any atom is 0.233 e. The maximum absolute atomic E-state index is 13.2. The van der Waals surface area contributed by atoms with Gasteiger partial charge in [-0.1, -0.05) is 17.7 Å². The van der Waals surface area contributed by atoms with Gasteiger partial charge in [-0.05, 0) is 56.2 Å². The van der Waals surface area contributed by atoms with Crippen molar-refractivity contribution < 1.29 is 23.9 Å². The van der Waals surface area contributed by atoms with E-state index in [0.717, 1.165) is 22.3 Å². The Morgan fingerprint density at radius 2 is 1.66 bits per heavy atom. The molecule has 7 atom stereocenters. The van der Waals surface area contributed by atoms with Crippen LogP contribution in [0.25, 0.3) is 0 Å². The van der Waals surface area contributed by atoms with Crippen molar-refractivity contribution in [3.8, 4) is 0 Å². The van der Waals surface area contributed by atoms with E-state index < -0.39 is 11.8 Å². The van der Waals surface area contributed by atoms with Crippen molar-refractivity contribution in [1.82, 2.24) is 5.32 Å². The quantitative estimate of drug-likeness (QED) is 0.624. The summed E-state index contributed by atoms with van der Waals surface area (Å²) < 4.78 is 5.95. The number of ether oxygens (including phenoxy) is 1. The zero-order valence-electron chi connectivity index (χ0n) is 16.9. The van der Waals surface area contributed by atoms with Gasteiger partial charge < -0.3 is 4.74 Å². The van der Waals surface area contributed by atoms with Crippen LogP contribution in [0.2, 0.25) is 0 Å². The van der Waals surface area contributed by atoms with Crippen LogP contribution in [0.1, 0.15) is 47.4 Å². The monoisotopic (exact) mass is 395 g/mol. The lowest BCUT2D eigenvalue weighted by atomic mass is 9.72. The standard InChI is InChI=1S/C23H25NO5/c1-9-4-10(2)16(11(3)5-9)17-14(25)7-12(20(17)26)6-13-8-15-18-19(21(13)29-15)23(28)24-22(18)27/h4-5,12-13,15,17-19,21H,6-8H2,1-3H3,(H,24,27,28)/t12?,13?,15-,17?,18+,19+,21+/m0/s1. The minimum atomic E-state index is -0.677. The molecule has 3 aliphatic heterocycles. The first-order chi connectivity index (χ1) is 13.8. The lowest BCUT2D eigenvalue weighted by Gasteiger charge is -2.26. The molecule has 5 rings (SSSR count). The molecule has 0 aromatic heterocycles. The summed E-state index contributed by atoms with van der Waals surface area (Å²) in [5.74, 6) is -2.28. The summed E-state index contributed by atoms with van der Waals surface area (Å²) in [6.45, 7) is 5.93. The second-order valence-electron chi connectivity index (χ2n) is 9.29. The Balaban J connectivity index is 1.36. The molecule has 29 heavy (non-hydrogen) atoms. The molecule has 1 aromatic carbocycles. The Hall–Kier alpha value is -2.34. The lowest BCUT2D eigenvalue weighted by Crippen LogP contribution is -2.36. The van der Waals surface area contributed by atoms with Crippen molar-refractivity contribution in [3.63, 3.8) is 0 Å². The van der Waals surface area contributed by atoms with Crippen LogP contribution in [0.5, 0.6) is 0 Å². The Kier molecular flexibility index (Phi) is 4.07. The second kappa shape index (κ2) is 6.33. The van der Waals surface area contributed by atoms with Gasteiger partial charge in [-0.3, -0.25) is 24.5 Å². The molecule has 2 amide bonds. The zero-order valence-corrected chi connectivity index (χ0v) is 16.9. The molecule has 3 unspecified atom stereocenters. The third-order valence-electron chi connectivity index (χ3n) is 7.40. The highest BCUT2D eigenvalue weighted by atomic mass is 16.5. The fraction of sp³-hybridized carbons (Fsp3) is 0.565. The first-order valence-corrected chi connectivity index (χ1v) is 10.4. The summed E-state index contributed by atoms with van der Waals surface area (Å²) in [6, 6.07) is 4.05. The second-order valence-corrected chi connectivity index (χ2v) is 9.29. The van der Waals surface area contributed by atoms with E-state index >= 15 is 0 Å². The van der Waals surface area contributed by atoms with Crippen molar-refractivity contribution in [2.45, 2.75) is 58.2 Å². The minimum Gasteiger partial charge on any atom is -0.373 e. The smallest absolute Gasteiger partial charge is 0.233 e. The molecule has 1 aromatic rings. The topological polar surface area (TPSA) is 89.5 Å². The number of aryl methyl sites for hydroxylation is 3. The van der Waals surface area contributed by atoms with E-state index in [9.17, 15) is 19.2 Å². The molecule has 4 fully saturated rings. The van der Waals surface area contributed by atoms with E-state index in [4.69, 9.17) is 4.74 Å². The number of carbonyl (C=O) groups is 4. The van der Waals surface area contributed by atoms with Gasteiger partial charge in [-0.15, -0.1) is 0 Å². The highest BCUT2D eigenvalue weighted by Gasteiger charge is 2.63. The number of benzene rings is 1. The normalized spacial score (nSPS) is 38.1. The van der Waals surface area contributed by atoms with Crippen LogP contribution in [0, 0.1) is 44.4 Å². The average molecular weight is 395 g/mol. The SMILES string of the molecule is Cc1cc(C)c(C2C(=O)CC(CC3C[C@@H]4O[C@H]3[C@@H]3C(=O)NC(=O)[C@@H]34)C2=O)c(C)c1. The van der Waals surface area contributed by atoms with Crippen LogP contribution in [-0.4, -0.2) is 35.6 Å². The summed E-state index contributed by atoms with van der Waals surface area (Å²) in [5.41, 5.74) is 3.96. The number of fused-ring (bicyclic) bond motifs is 5. The fourth-order valence-corrected chi connectivity index (χ4v) is 6.38. The van der Waals surface area contributed by atoms with Gasteiger partial charge in [-0.25, -0.2) is 0 Å². The molecule has 6 nitrogen and oxygen atoms in total. The average Bonchev–Trinajstić information content (AvgIpc) is 3.34. The van der Waals surface area contributed by atoms with Crippen molar-refractivity contribution in [2.75, 3.05) is 0 Å². The molecule has 6 heteroatoms. The number of amides is 2. The van der Waals surface area contributed by atoms with Crippen molar-refractivity contribution in [2.24, 2.45) is 23.7 Å². The Labute approximate surface area is 169 Å². The molecule has 1 aliphatic carbocycles. The summed E-state index contributed by atoms with van der Waals surface area (Å²) in [4.78, 5) is 50.2. The highest BCUT2D eigenvalue weighted by Crippen LogP contribution is 2.52. The van der Waals surface area contributed by atoms with Crippen LogP contribution in [0.15, 0.2) is 12.1 Å². The van der Waals surface area contributed by atoms with E-state index in [1.165, 1.54) is 0 Å². The number of rotatable bonds is 3. The van der Waals surface area contributed by atoms with Gasteiger partial charge >= 0.3 is 0 Å². The van der Waals surface area contributed by atoms with Gasteiger partial charge in [-0.2, -0.15) is 0 Å². The van der Waals surface area contributed by atoms with Crippen LogP contribution in [0.4, 0.5) is 0 Å². The Morgan fingerprint density at radius 1 is 1.00 bits per heavy atom. The van der Waals surface area contributed by atoms with Gasteiger partial charge in [0.15, 0.2) is 5.78 Å².